The second-order valence-electron chi connectivity index (χ2n) is 7.34. The molecule has 2 N–H and O–H groups in total. The van der Waals surface area contributed by atoms with Crippen molar-refractivity contribution in [3.05, 3.63) is 77.6 Å². The lowest BCUT2D eigenvalue weighted by atomic mass is 10.2. The standard InChI is InChI=1S/C23H22N4O5S2/c1-32-18-7-8-21-16(10-18)11-19(33-21)15-27(34(30,31)20-5-3-9-24-12-20)14-17-4-2-6-22(26-17)25-13-23(28)29/h2-12H,13-15H2,1H3,(H,25,26)(H,28,29). The minimum Gasteiger partial charge on any atom is -0.497 e. The molecule has 0 aliphatic rings. The molecule has 0 atom stereocenters. The van der Waals surface area contributed by atoms with E-state index in [4.69, 9.17) is 9.84 Å². The first-order chi connectivity index (χ1) is 16.3. The summed E-state index contributed by atoms with van der Waals surface area (Å²) in [6.07, 6.45) is 2.83. The van der Waals surface area contributed by atoms with Crippen molar-refractivity contribution in [1.29, 1.82) is 0 Å². The number of benzene rings is 1. The molecule has 0 radical (unpaired) electrons. The summed E-state index contributed by atoms with van der Waals surface area (Å²) in [4.78, 5) is 20.1. The molecule has 34 heavy (non-hydrogen) atoms. The number of carbonyl (C=O) groups is 1. The van der Waals surface area contributed by atoms with Gasteiger partial charge in [0.25, 0.3) is 0 Å². The quantitative estimate of drug-likeness (QED) is 0.340. The normalized spacial score (nSPS) is 11.6. The molecule has 0 bridgehead atoms. The number of methoxy groups -OCH3 is 1. The van der Waals surface area contributed by atoms with Crippen LogP contribution in [0.1, 0.15) is 10.6 Å². The highest BCUT2D eigenvalue weighted by molar-refractivity contribution is 7.89. The Hall–Kier alpha value is -3.54. The Morgan fingerprint density at radius 3 is 2.74 bits per heavy atom. The second kappa shape index (κ2) is 10.2. The van der Waals surface area contributed by atoms with Crippen molar-refractivity contribution in [2.75, 3.05) is 19.0 Å². The first-order valence-corrected chi connectivity index (χ1v) is 12.5. The largest absolute Gasteiger partial charge is 0.497 e. The molecular formula is C23H22N4O5S2. The van der Waals surface area contributed by atoms with E-state index in [0.717, 1.165) is 20.7 Å². The van der Waals surface area contributed by atoms with Gasteiger partial charge < -0.3 is 15.2 Å². The van der Waals surface area contributed by atoms with E-state index in [1.165, 1.54) is 34.1 Å². The predicted molar refractivity (Wildman–Crippen MR) is 129 cm³/mol. The average Bonchev–Trinajstić information content (AvgIpc) is 3.24. The maximum absolute atomic E-state index is 13.5. The van der Waals surface area contributed by atoms with Crippen molar-refractivity contribution in [2.45, 2.75) is 18.0 Å². The van der Waals surface area contributed by atoms with Crippen LogP contribution in [0.25, 0.3) is 10.1 Å². The minimum atomic E-state index is -3.89. The van der Waals surface area contributed by atoms with Gasteiger partial charge in [0, 0.05) is 28.5 Å². The number of pyridine rings is 2. The minimum absolute atomic E-state index is 0.00259. The van der Waals surface area contributed by atoms with E-state index in [2.05, 4.69) is 15.3 Å². The van der Waals surface area contributed by atoms with Gasteiger partial charge in [-0.1, -0.05) is 6.07 Å². The molecule has 9 nitrogen and oxygen atoms in total. The Kier molecular flexibility index (Phi) is 7.06. The van der Waals surface area contributed by atoms with E-state index in [1.54, 1.807) is 31.4 Å². The third-order valence-electron chi connectivity index (χ3n) is 4.94. The van der Waals surface area contributed by atoms with Crippen LogP contribution in [0.2, 0.25) is 0 Å². The van der Waals surface area contributed by atoms with E-state index in [9.17, 15) is 13.2 Å². The van der Waals surface area contributed by atoms with Crippen LogP contribution < -0.4 is 10.1 Å². The number of rotatable bonds is 10. The molecule has 4 aromatic rings. The highest BCUT2D eigenvalue weighted by atomic mass is 32.2. The van der Waals surface area contributed by atoms with E-state index < -0.39 is 16.0 Å². The van der Waals surface area contributed by atoms with Crippen molar-refractivity contribution in [1.82, 2.24) is 14.3 Å². The van der Waals surface area contributed by atoms with Crippen molar-refractivity contribution in [2.24, 2.45) is 0 Å². The number of hydrogen-bond acceptors (Lipinski definition) is 8. The summed E-state index contributed by atoms with van der Waals surface area (Å²) in [5, 5.41) is 12.6. The molecule has 0 fully saturated rings. The van der Waals surface area contributed by atoms with Gasteiger partial charge in [0.05, 0.1) is 19.3 Å². The van der Waals surface area contributed by atoms with Crippen LogP contribution in [-0.4, -0.2) is 47.4 Å². The number of thiophene rings is 1. The molecule has 0 aliphatic carbocycles. The zero-order chi connectivity index (χ0) is 24.1. The third kappa shape index (κ3) is 5.50. The Balaban J connectivity index is 1.66. The smallest absolute Gasteiger partial charge is 0.322 e. The Morgan fingerprint density at radius 1 is 1.15 bits per heavy atom. The second-order valence-corrected chi connectivity index (χ2v) is 10.4. The predicted octanol–water partition coefficient (Wildman–Crippen LogP) is 3.59. The molecule has 11 heteroatoms. The van der Waals surface area contributed by atoms with Crippen LogP contribution in [0.15, 0.2) is 71.9 Å². The Morgan fingerprint density at radius 2 is 2.00 bits per heavy atom. The van der Waals surface area contributed by atoms with E-state index in [-0.39, 0.29) is 24.5 Å². The van der Waals surface area contributed by atoms with Gasteiger partial charge in [-0.15, -0.1) is 11.3 Å². The fourth-order valence-corrected chi connectivity index (χ4v) is 5.84. The van der Waals surface area contributed by atoms with Gasteiger partial charge in [-0.25, -0.2) is 13.4 Å². The maximum Gasteiger partial charge on any atom is 0.322 e. The van der Waals surface area contributed by atoms with Gasteiger partial charge in [0.1, 0.15) is 23.0 Å². The van der Waals surface area contributed by atoms with Crippen molar-refractivity contribution >= 4 is 43.2 Å². The first kappa shape index (κ1) is 23.6. The van der Waals surface area contributed by atoms with E-state index in [0.29, 0.717) is 11.5 Å². The number of ether oxygens (including phenoxy) is 1. The van der Waals surface area contributed by atoms with Gasteiger partial charge in [-0.05, 0) is 53.9 Å². The number of sulfonamides is 1. The summed E-state index contributed by atoms with van der Waals surface area (Å²) < 4.78 is 34.7. The lowest BCUT2D eigenvalue weighted by Gasteiger charge is -2.21. The molecule has 0 saturated carbocycles. The number of carboxylic acid groups (broad SMARTS) is 1. The zero-order valence-electron chi connectivity index (χ0n) is 18.2. The molecule has 0 amide bonds. The number of hydrogen-bond donors (Lipinski definition) is 2. The van der Waals surface area contributed by atoms with Crippen LogP contribution in [0.5, 0.6) is 5.75 Å². The summed E-state index contributed by atoms with van der Waals surface area (Å²) in [5.41, 5.74) is 0.477. The summed E-state index contributed by atoms with van der Waals surface area (Å²) in [7, 11) is -2.29. The zero-order valence-corrected chi connectivity index (χ0v) is 19.8. The summed E-state index contributed by atoms with van der Waals surface area (Å²) in [5.74, 6) is 0.0634. The Bertz CT molecular complexity index is 1410. The molecule has 1 aromatic carbocycles. The lowest BCUT2D eigenvalue weighted by Crippen LogP contribution is -2.30. The number of aliphatic carboxylic acids is 1. The molecule has 0 unspecified atom stereocenters. The van der Waals surface area contributed by atoms with Gasteiger partial charge in [-0.3, -0.25) is 9.78 Å². The van der Waals surface area contributed by atoms with Crippen LogP contribution in [0, 0.1) is 0 Å². The van der Waals surface area contributed by atoms with Crippen LogP contribution >= 0.6 is 11.3 Å². The number of aromatic nitrogens is 2. The SMILES string of the molecule is COc1ccc2sc(CN(Cc3cccc(NCC(=O)O)n3)S(=O)(=O)c3cccnc3)cc2c1. The Labute approximate surface area is 200 Å². The molecule has 0 saturated heterocycles. The highest BCUT2D eigenvalue weighted by Crippen LogP contribution is 2.31. The molecule has 3 aromatic heterocycles. The molecule has 3 heterocycles. The fraction of sp³-hybridized carbons (Fsp3) is 0.174. The third-order valence-corrected chi connectivity index (χ3v) is 7.82. The number of nitrogens with one attached hydrogen (secondary N) is 1. The van der Waals surface area contributed by atoms with Gasteiger partial charge in [-0.2, -0.15) is 4.31 Å². The highest BCUT2D eigenvalue weighted by Gasteiger charge is 2.26. The monoisotopic (exact) mass is 498 g/mol. The lowest BCUT2D eigenvalue weighted by molar-refractivity contribution is -0.134. The number of carboxylic acids is 1. The topological polar surface area (TPSA) is 122 Å². The van der Waals surface area contributed by atoms with E-state index >= 15 is 0 Å². The maximum atomic E-state index is 13.5. The van der Waals surface area contributed by atoms with Crippen LogP contribution in [0.4, 0.5) is 5.82 Å². The van der Waals surface area contributed by atoms with Gasteiger partial charge in [0.2, 0.25) is 10.0 Å². The van der Waals surface area contributed by atoms with Crippen molar-refractivity contribution in [3.8, 4) is 5.75 Å². The van der Waals surface area contributed by atoms with Gasteiger partial charge in [0.15, 0.2) is 0 Å². The van der Waals surface area contributed by atoms with Crippen molar-refractivity contribution < 1.29 is 23.1 Å². The van der Waals surface area contributed by atoms with Crippen LogP contribution in [0.3, 0.4) is 0 Å². The van der Waals surface area contributed by atoms with Gasteiger partial charge >= 0.3 is 5.97 Å². The molecule has 0 aliphatic heterocycles. The summed E-state index contributed by atoms with van der Waals surface area (Å²) in [6, 6.07) is 15.8. The average molecular weight is 499 g/mol. The fourth-order valence-electron chi connectivity index (χ4n) is 3.34. The molecule has 0 spiro atoms. The first-order valence-electron chi connectivity index (χ1n) is 10.2. The molecule has 176 valence electrons. The molecular weight excluding hydrogens is 476 g/mol. The van der Waals surface area contributed by atoms with Crippen LogP contribution in [-0.2, 0) is 27.9 Å². The van der Waals surface area contributed by atoms with E-state index in [1.807, 2.05) is 24.3 Å². The number of fused-ring (bicyclic) bond motifs is 1. The number of nitrogens with zero attached hydrogens (tertiary/aromatic N) is 3. The van der Waals surface area contributed by atoms with Crippen molar-refractivity contribution in [3.63, 3.8) is 0 Å². The number of anilines is 1. The summed E-state index contributed by atoms with van der Waals surface area (Å²) >= 11 is 1.51. The molecule has 4 rings (SSSR count). The summed E-state index contributed by atoms with van der Waals surface area (Å²) in [6.45, 7) is -0.163.